The van der Waals surface area contributed by atoms with Crippen LogP contribution < -0.4 is 5.32 Å². The van der Waals surface area contributed by atoms with Crippen molar-refractivity contribution < 1.29 is 4.52 Å². The molecule has 1 saturated heterocycles. The number of anilines is 1. The molecule has 0 radical (unpaired) electrons. The van der Waals surface area contributed by atoms with Crippen molar-refractivity contribution in [3.63, 3.8) is 0 Å². The number of aromatic nitrogens is 2. The molecule has 5 heteroatoms. The van der Waals surface area contributed by atoms with Gasteiger partial charge in [-0.15, -0.1) is 0 Å². The monoisotopic (exact) mass is 224 g/mol. The van der Waals surface area contributed by atoms with Crippen molar-refractivity contribution in [2.24, 2.45) is 0 Å². The van der Waals surface area contributed by atoms with Crippen molar-refractivity contribution in [1.82, 2.24) is 15.0 Å². The SMILES string of the molecule is Cc1noc(NCC(C)N2CCCCC2)n1. The van der Waals surface area contributed by atoms with E-state index >= 15 is 0 Å². The second-order valence-corrected chi connectivity index (χ2v) is 4.47. The Morgan fingerprint density at radius 1 is 1.38 bits per heavy atom. The van der Waals surface area contributed by atoms with E-state index in [4.69, 9.17) is 4.52 Å². The van der Waals surface area contributed by atoms with Gasteiger partial charge in [0, 0.05) is 12.6 Å². The fraction of sp³-hybridized carbons (Fsp3) is 0.818. The summed E-state index contributed by atoms with van der Waals surface area (Å²) in [6.07, 6.45) is 4.02. The van der Waals surface area contributed by atoms with E-state index in [0.29, 0.717) is 17.9 Å². The van der Waals surface area contributed by atoms with E-state index < -0.39 is 0 Å². The summed E-state index contributed by atoms with van der Waals surface area (Å²) in [6, 6.07) is 1.05. The lowest BCUT2D eigenvalue weighted by Crippen LogP contribution is -2.41. The Bertz CT molecular complexity index is 320. The van der Waals surface area contributed by atoms with Gasteiger partial charge in [0.05, 0.1) is 0 Å². The quantitative estimate of drug-likeness (QED) is 0.843. The first kappa shape index (κ1) is 11.4. The predicted octanol–water partition coefficient (Wildman–Crippen LogP) is 1.66. The van der Waals surface area contributed by atoms with Gasteiger partial charge < -0.3 is 9.84 Å². The van der Waals surface area contributed by atoms with Crippen LogP contribution in [-0.4, -0.2) is 40.7 Å². The molecule has 1 atom stereocenters. The highest BCUT2D eigenvalue weighted by Gasteiger charge is 2.16. The van der Waals surface area contributed by atoms with E-state index in [9.17, 15) is 0 Å². The summed E-state index contributed by atoms with van der Waals surface area (Å²) in [4.78, 5) is 6.63. The van der Waals surface area contributed by atoms with Gasteiger partial charge in [-0.3, -0.25) is 4.90 Å². The number of aryl methyl sites for hydroxylation is 1. The number of likely N-dealkylation sites (tertiary alicyclic amines) is 1. The molecule has 0 aliphatic carbocycles. The fourth-order valence-corrected chi connectivity index (χ4v) is 2.09. The lowest BCUT2D eigenvalue weighted by Gasteiger charge is -2.32. The van der Waals surface area contributed by atoms with E-state index in [1.54, 1.807) is 0 Å². The largest absolute Gasteiger partial charge is 0.336 e. The summed E-state index contributed by atoms with van der Waals surface area (Å²) >= 11 is 0. The van der Waals surface area contributed by atoms with Gasteiger partial charge in [0.1, 0.15) is 0 Å². The minimum atomic E-state index is 0.521. The van der Waals surface area contributed by atoms with Gasteiger partial charge in [-0.1, -0.05) is 11.6 Å². The summed E-state index contributed by atoms with van der Waals surface area (Å²) in [5, 5.41) is 6.93. The molecule has 1 fully saturated rings. The Kier molecular flexibility index (Phi) is 3.77. The summed E-state index contributed by atoms with van der Waals surface area (Å²) in [5.41, 5.74) is 0. The topological polar surface area (TPSA) is 54.2 Å². The molecule has 0 spiro atoms. The molecule has 1 aromatic heterocycles. The zero-order valence-corrected chi connectivity index (χ0v) is 10.1. The Morgan fingerprint density at radius 3 is 2.75 bits per heavy atom. The standard InChI is InChI=1S/C11H20N4O/c1-9(15-6-4-3-5-7-15)8-12-11-13-10(2)14-16-11/h9H,3-8H2,1-2H3,(H,12,13,14). The summed E-state index contributed by atoms with van der Waals surface area (Å²) < 4.78 is 5.01. The highest BCUT2D eigenvalue weighted by molar-refractivity contribution is 5.18. The van der Waals surface area contributed by atoms with Crippen LogP contribution in [0.4, 0.5) is 6.01 Å². The van der Waals surface area contributed by atoms with Crippen molar-refractivity contribution in [1.29, 1.82) is 0 Å². The minimum Gasteiger partial charge on any atom is -0.336 e. The van der Waals surface area contributed by atoms with E-state index in [-0.39, 0.29) is 0 Å². The molecule has 1 aliphatic heterocycles. The van der Waals surface area contributed by atoms with Gasteiger partial charge in [-0.05, 0) is 39.8 Å². The average Bonchev–Trinajstić information content (AvgIpc) is 2.73. The zero-order valence-electron chi connectivity index (χ0n) is 10.1. The van der Waals surface area contributed by atoms with E-state index in [1.165, 1.54) is 32.4 Å². The first-order chi connectivity index (χ1) is 7.75. The van der Waals surface area contributed by atoms with Crippen LogP contribution in [-0.2, 0) is 0 Å². The molecule has 0 saturated carbocycles. The van der Waals surface area contributed by atoms with E-state index in [0.717, 1.165) is 6.54 Å². The van der Waals surface area contributed by atoms with Crippen molar-refractivity contribution in [2.45, 2.75) is 39.2 Å². The molecule has 1 N–H and O–H groups in total. The van der Waals surface area contributed by atoms with Gasteiger partial charge in [0.15, 0.2) is 5.82 Å². The number of rotatable bonds is 4. The molecular formula is C11H20N4O. The predicted molar refractivity (Wildman–Crippen MR) is 62.4 cm³/mol. The fourth-order valence-electron chi connectivity index (χ4n) is 2.09. The number of hydrogen-bond acceptors (Lipinski definition) is 5. The molecule has 0 aromatic carbocycles. The van der Waals surface area contributed by atoms with Crippen molar-refractivity contribution in [3.8, 4) is 0 Å². The Labute approximate surface area is 96.2 Å². The zero-order chi connectivity index (χ0) is 11.4. The molecule has 16 heavy (non-hydrogen) atoms. The van der Waals surface area contributed by atoms with Crippen LogP contribution in [0.1, 0.15) is 32.0 Å². The van der Waals surface area contributed by atoms with Crippen LogP contribution >= 0.6 is 0 Å². The lowest BCUT2D eigenvalue weighted by atomic mass is 10.1. The molecule has 1 aliphatic rings. The third-order valence-electron chi connectivity index (χ3n) is 3.09. The van der Waals surface area contributed by atoms with Crippen LogP contribution in [0.3, 0.4) is 0 Å². The molecule has 2 heterocycles. The third-order valence-corrected chi connectivity index (χ3v) is 3.09. The maximum absolute atomic E-state index is 5.01. The van der Waals surface area contributed by atoms with Crippen molar-refractivity contribution in [2.75, 3.05) is 25.0 Å². The lowest BCUT2D eigenvalue weighted by molar-refractivity contribution is 0.180. The second kappa shape index (κ2) is 5.30. The van der Waals surface area contributed by atoms with Crippen LogP contribution in [0, 0.1) is 6.92 Å². The highest BCUT2D eigenvalue weighted by Crippen LogP contribution is 2.12. The van der Waals surface area contributed by atoms with E-state index in [2.05, 4.69) is 27.3 Å². The highest BCUT2D eigenvalue weighted by atomic mass is 16.5. The van der Waals surface area contributed by atoms with Gasteiger partial charge in [0.25, 0.3) is 0 Å². The normalized spacial score (nSPS) is 19.6. The number of nitrogens with zero attached hydrogens (tertiary/aromatic N) is 3. The summed E-state index contributed by atoms with van der Waals surface area (Å²) in [7, 11) is 0. The number of piperidine rings is 1. The second-order valence-electron chi connectivity index (χ2n) is 4.47. The summed E-state index contributed by atoms with van der Waals surface area (Å²) in [5.74, 6) is 0.674. The average molecular weight is 224 g/mol. The van der Waals surface area contributed by atoms with Gasteiger partial charge in [-0.2, -0.15) is 4.98 Å². The van der Waals surface area contributed by atoms with Gasteiger partial charge >= 0.3 is 6.01 Å². The molecule has 0 bridgehead atoms. The number of nitrogens with one attached hydrogen (secondary N) is 1. The maximum Gasteiger partial charge on any atom is 0.321 e. The Morgan fingerprint density at radius 2 is 2.12 bits per heavy atom. The third kappa shape index (κ3) is 2.95. The summed E-state index contributed by atoms with van der Waals surface area (Å²) in [6.45, 7) is 7.35. The van der Waals surface area contributed by atoms with Crippen LogP contribution in [0.15, 0.2) is 4.52 Å². The van der Waals surface area contributed by atoms with E-state index in [1.807, 2.05) is 6.92 Å². The molecule has 1 aromatic rings. The molecular weight excluding hydrogens is 204 g/mol. The van der Waals surface area contributed by atoms with Gasteiger partial charge in [0.2, 0.25) is 0 Å². The van der Waals surface area contributed by atoms with Crippen molar-refractivity contribution >= 4 is 6.01 Å². The first-order valence-electron chi connectivity index (χ1n) is 6.04. The number of hydrogen-bond donors (Lipinski definition) is 1. The molecule has 90 valence electrons. The first-order valence-corrected chi connectivity index (χ1v) is 6.04. The molecule has 2 rings (SSSR count). The maximum atomic E-state index is 5.01. The van der Waals surface area contributed by atoms with Crippen LogP contribution in [0.5, 0.6) is 0 Å². The Balaban J connectivity index is 1.76. The molecule has 5 nitrogen and oxygen atoms in total. The smallest absolute Gasteiger partial charge is 0.321 e. The van der Waals surface area contributed by atoms with Crippen molar-refractivity contribution in [3.05, 3.63) is 5.82 Å². The Hall–Kier alpha value is -1.10. The van der Waals surface area contributed by atoms with Gasteiger partial charge in [-0.25, -0.2) is 0 Å². The van der Waals surface area contributed by atoms with Crippen LogP contribution in [0.2, 0.25) is 0 Å². The molecule has 0 amide bonds. The van der Waals surface area contributed by atoms with Crippen LogP contribution in [0.25, 0.3) is 0 Å². The minimum absolute atomic E-state index is 0.521. The molecule has 1 unspecified atom stereocenters.